The van der Waals surface area contributed by atoms with Crippen molar-refractivity contribution in [1.29, 1.82) is 0 Å². The molecule has 1 unspecified atom stereocenters. The highest BCUT2D eigenvalue weighted by Gasteiger charge is 2.23. The van der Waals surface area contributed by atoms with E-state index in [1.54, 1.807) is 16.7 Å². The van der Waals surface area contributed by atoms with Crippen molar-refractivity contribution in [3.63, 3.8) is 0 Å². The first-order chi connectivity index (χ1) is 6.40. The van der Waals surface area contributed by atoms with E-state index in [1.807, 2.05) is 11.3 Å². The molecule has 0 bridgehead atoms. The molecule has 1 aromatic heterocycles. The van der Waals surface area contributed by atoms with Crippen LogP contribution in [0.4, 0.5) is 0 Å². The van der Waals surface area contributed by atoms with Crippen LogP contribution in [0.15, 0.2) is 4.63 Å². The van der Waals surface area contributed by atoms with Gasteiger partial charge in [0.05, 0.1) is 25.6 Å². The standard InChI is InChI=1S/C6H13N3O3S/c1-13-5-11-6-4-8(2-3-10-6)9-7-12-9/h6-7H,2-5H2,1H3. The Labute approximate surface area is 80.0 Å². The number of H-pyrrole nitrogens is 1. The van der Waals surface area contributed by atoms with Crippen LogP contribution >= 0.6 is 11.8 Å². The summed E-state index contributed by atoms with van der Waals surface area (Å²) in [6.07, 6.45) is 1.85. The molecule has 1 fully saturated rings. The van der Waals surface area contributed by atoms with Crippen molar-refractivity contribution in [3.05, 3.63) is 0 Å². The number of thioether (sulfide) groups is 1. The SMILES string of the molecule is CSCOC1CN(n2[nH]o2)CCO1. The van der Waals surface area contributed by atoms with E-state index in [1.165, 1.54) is 0 Å². The minimum atomic E-state index is -0.146. The Morgan fingerprint density at radius 1 is 1.69 bits per heavy atom. The molecule has 0 radical (unpaired) electrons. The van der Waals surface area contributed by atoms with Gasteiger partial charge in [0, 0.05) is 4.96 Å². The monoisotopic (exact) mass is 207 g/mol. The van der Waals surface area contributed by atoms with Gasteiger partial charge in [-0.2, -0.15) is 0 Å². The quantitative estimate of drug-likeness (QED) is 0.706. The molecule has 1 aromatic rings. The number of aromatic amines is 1. The van der Waals surface area contributed by atoms with Crippen molar-refractivity contribution >= 4 is 11.8 Å². The molecule has 0 aromatic carbocycles. The topological polar surface area (TPSA) is 55.6 Å². The molecule has 2 heterocycles. The predicted octanol–water partition coefficient (Wildman–Crippen LogP) is 0.0406. The molecular weight excluding hydrogens is 194 g/mol. The maximum atomic E-state index is 5.43. The molecule has 13 heavy (non-hydrogen) atoms. The second-order valence-electron chi connectivity index (χ2n) is 2.74. The summed E-state index contributed by atoms with van der Waals surface area (Å²) in [6.45, 7) is 2.19. The van der Waals surface area contributed by atoms with Crippen LogP contribution in [-0.4, -0.2) is 48.4 Å². The van der Waals surface area contributed by atoms with E-state index in [-0.39, 0.29) is 6.29 Å². The summed E-state index contributed by atoms with van der Waals surface area (Å²) in [6, 6.07) is 0. The lowest BCUT2D eigenvalue weighted by atomic mass is 10.5. The molecule has 6 nitrogen and oxygen atoms in total. The normalized spacial score (nSPS) is 24.1. The van der Waals surface area contributed by atoms with Gasteiger partial charge in [-0.25, -0.2) is 4.63 Å². The van der Waals surface area contributed by atoms with Crippen LogP contribution in [0.1, 0.15) is 0 Å². The lowest BCUT2D eigenvalue weighted by Crippen LogP contribution is -2.47. The Morgan fingerprint density at radius 2 is 2.54 bits per heavy atom. The summed E-state index contributed by atoms with van der Waals surface area (Å²) in [5, 5.41) is 4.62. The zero-order chi connectivity index (χ0) is 9.10. The van der Waals surface area contributed by atoms with Gasteiger partial charge in [-0.3, -0.25) is 5.01 Å². The van der Waals surface area contributed by atoms with E-state index in [9.17, 15) is 0 Å². The Hall–Kier alpha value is -0.530. The number of nitrogens with zero attached hydrogens (tertiary/aromatic N) is 2. The van der Waals surface area contributed by atoms with Gasteiger partial charge in [0.15, 0.2) is 6.29 Å². The Kier molecular flexibility index (Phi) is 2.87. The fraction of sp³-hybridized carbons (Fsp3) is 1.00. The van der Waals surface area contributed by atoms with Crippen LogP contribution < -0.4 is 5.01 Å². The fourth-order valence-corrected chi connectivity index (χ4v) is 1.44. The average molecular weight is 207 g/mol. The number of rotatable bonds is 4. The number of hydrogen-bond donors (Lipinski definition) is 1. The van der Waals surface area contributed by atoms with Crippen molar-refractivity contribution in [1.82, 2.24) is 10.2 Å². The predicted molar refractivity (Wildman–Crippen MR) is 48.2 cm³/mol. The molecule has 0 aliphatic carbocycles. The van der Waals surface area contributed by atoms with Crippen molar-refractivity contribution in [3.8, 4) is 0 Å². The van der Waals surface area contributed by atoms with Gasteiger partial charge in [0.2, 0.25) is 0 Å². The van der Waals surface area contributed by atoms with Crippen molar-refractivity contribution < 1.29 is 14.1 Å². The molecule has 1 saturated heterocycles. The number of ether oxygens (including phenoxy) is 2. The average Bonchev–Trinajstić information content (AvgIpc) is 2.98. The molecule has 0 spiro atoms. The molecule has 1 aliphatic rings. The van der Waals surface area contributed by atoms with Gasteiger partial charge >= 0.3 is 0 Å². The molecule has 0 amide bonds. The van der Waals surface area contributed by atoms with Gasteiger partial charge < -0.3 is 9.47 Å². The Morgan fingerprint density at radius 3 is 3.23 bits per heavy atom. The number of hydrogen-bond acceptors (Lipinski definition) is 5. The lowest BCUT2D eigenvalue weighted by Gasteiger charge is -2.29. The van der Waals surface area contributed by atoms with Crippen molar-refractivity contribution in [2.45, 2.75) is 6.29 Å². The van der Waals surface area contributed by atoms with Crippen LogP contribution in [0, 0.1) is 0 Å². The van der Waals surface area contributed by atoms with E-state index < -0.39 is 0 Å². The minimum Gasteiger partial charge on any atom is -0.349 e. The van der Waals surface area contributed by atoms with E-state index in [2.05, 4.69) is 5.27 Å². The molecule has 1 N–H and O–H groups in total. The number of morpholine rings is 1. The van der Waals surface area contributed by atoms with E-state index in [0.29, 0.717) is 19.1 Å². The summed E-state index contributed by atoms with van der Waals surface area (Å²) >= 11 is 1.64. The van der Waals surface area contributed by atoms with Crippen molar-refractivity contribution in [2.24, 2.45) is 0 Å². The molecule has 7 heteroatoms. The number of nitrogens with one attached hydrogen (secondary N) is 1. The highest BCUT2D eigenvalue weighted by Crippen LogP contribution is 2.08. The van der Waals surface area contributed by atoms with Crippen molar-refractivity contribution in [2.75, 3.05) is 36.9 Å². The second kappa shape index (κ2) is 4.12. The summed E-state index contributed by atoms with van der Waals surface area (Å²) in [5.74, 6) is 0.660. The molecule has 1 aliphatic heterocycles. The molecule has 2 rings (SSSR count). The van der Waals surface area contributed by atoms with Gasteiger partial charge in [-0.05, 0) is 6.26 Å². The first-order valence-electron chi connectivity index (χ1n) is 4.10. The summed E-state index contributed by atoms with van der Waals surface area (Å²) < 4.78 is 15.6. The third kappa shape index (κ3) is 2.45. The van der Waals surface area contributed by atoms with E-state index in [0.717, 1.165) is 6.54 Å². The van der Waals surface area contributed by atoms with Gasteiger partial charge in [0.25, 0.3) is 0 Å². The molecular formula is C6H13N3O3S. The second-order valence-corrected chi connectivity index (χ2v) is 3.55. The maximum absolute atomic E-state index is 5.43. The molecule has 0 saturated carbocycles. The summed E-state index contributed by atoms with van der Waals surface area (Å²) in [7, 11) is 0. The fourth-order valence-electron chi connectivity index (χ4n) is 1.15. The maximum Gasteiger partial charge on any atom is 0.177 e. The molecule has 1 atom stereocenters. The third-order valence-corrected chi connectivity index (χ3v) is 2.19. The Bertz CT molecular complexity index is 225. The zero-order valence-corrected chi connectivity index (χ0v) is 8.25. The highest BCUT2D eigenvalue weighted by atomic mass is 32.2. The van der Waals surface area contributed by atoms with E-state index in [4.69, 9.17) is 14.1 Å². The van der Waals surface area contributed by atoms with Crippen LogP contribution in [0.2, 0.25) is 0 Å². The largest absolute Gasteiger partial charge is 0.349 e. The van der Waals surface area contributed by atoms with Gasteiger partial charge in [-0.1, -0.05) is 5.27 Å². The van der Waals surface area contributed by atoms with Gasteiger partial charge in [0.1, 0.15) is 0 Å². The van der Waals surface area contributed by atoms with Crippen LogP contribution in [0.3, 0.4) is 0 Å². The Balaban J connectivity index is 1.76. The van der Waals surface area contributed by atoms with Crippen LogP contribution in [-0.2, 0) is 9.47 Å². The zero-order valence-electron chi connectivity index (χ0n) is 7.43. The van der Waals surface area contributed by atoms with E-state index >= 15 is 0 Å². The van der Waals surface area contributed by atoms with Crippen LogP contribution in [0.5, 0.6) is 0 Å². The van der Waals surface area contributed by atoms with Crippen LogP contribution in [0.25, 0.3) is 0 Å². The summed E-state index contributed by atoms with van der Waals surface area (Å²) in [5.41, 5.74) is 0. The smallest absolute Gasteiger partial charge is 0.177 e. The highest BCUT2D eigenvalue weighted by molar-refractivity contribution is 7.98. The first-order valence-corrected chi connectivity index (χ1v) is 5.49. The summed E-state index contributed by atoms with van der Waals surface area (Å²) in [4.78, 5) is 1.58. The lowest BCUT2D eigenvalue weighted by molar-refractivity contribution is -0.138. The number of aromatic nitrogens is 2. The first kappa shape index (κ1) is 9.04. The van der Waals surface area contributed by atoms with Gasteiger partial charge in [-0.15, -0.1) is 11.8 Å². The third-order valence-electron chi connectivity index (χ3n) is 1.81. The molecule has 76 valence electrons. The minimum absolute atomic E-state index is 0.146.